The first-order chi connectivity index (χ1) is 9.16. The molecule has 4 nitrogen and oxygen atoms in total. The second kappa shape index (κ2) is 6.90. The van der Waals surface area contributed by atoms with Gasteiger partial charge in [-0.1, -0.05) is 47.0 Å². The quantitative estimate of drug-likeness (QED) is 0.701. The minimum absolute atomic E-state index is 0.113. The van der Waals surface area contributed by atoms with Crippen LogP contribution in [-0.4, -0.2) is 34.4 Å². The molecule has 0 aliphatic heterocycles. The molecule has 0 spiro atoms. The Morgan fingerprint density at radius 3 is 2.30 bits per heavy atom. The number of carbonyl (C=O) groups excluding carboxylic acids is 1. The average Bonchev–Trinajstić information content (AvgIpc) is 2.36. The van der Waals surface area contributed by atoms with Gasteiger partial charge in [-0.2, -0.15) is 0 Å². The lowest BCUT2D eigenvalue weighted by molar-refractivity contribution is -0.128. The maximum atomic E-state index is 12.0. The zero-order valence-electron chi connectivity index (χ0n) is 13.4. The van der Waals surface area contributed by atoms with Gasteiger partial charge in [0.05, 0.1) is 18.1 Å². The molecule has 1 aliphatic rings. The molecule has 0 aromatic heterocycles. The molecule has 1 unspecified atom stereocenters. The number of rotatable bonds is 6. The Kier molecular flexibility index (Phi) is 6.02. The third kappa shape index (κ3) is 5.06. The predicted octanol–water partition coefficient (Wildman–Crippen LogP) is 2.23. The third-order valence-corrected chi connectivity index (χ3v) is 4.45. The zero-order valence-corrected chi connectivity index (χ0v) is 13.4. The van der Waals surface area contributed by atoms with Gasteiger partial charge in [0.2, 0.25) is 5.91 Å². The summed E-state index contributed by atoms with van der Waals surface area (Å²) in [6.45, 7) is 8.28. The molecule has 1 atom stereocenters. The van der Waals surface area contributed by atoms with Crippen LogP contribution in [0.2, 0.25) is 0 Å². The lowest BCUT2D eigenvalue weighted by atomic mass is 9.80. The third-order valence-electron chi connectivity index (χ3n) is 4.45. The summed E-state index contributed by atoms with van der Waals surface area (Å²) < 4.78 is 0. The van der Waals surface area contributed by atoms with Crippen molar-refractivity contribution in [2.75, 3.05) is 6.54 Å². The van der Waals surface area contributed by atoms with Crippen LogP contribution in [0.5, 0.6) is 0 Å². The molecule has 1 fully saturated rings. The van der Waals surface area contributed by atoms with Crippen LogP contribution in [0.25, 0.3) is 0 Å². The molecule has 0 bridgehead atoms. The van der Waals surface area contributed by atoms with E-state index in [1.807, 2.05) is 27.7 Å². The van der Waals surface area contributed by atoms with Gasteiger partial charge in [-0.25, -0.2) is 0 Å². The van der Waals surface area contributed by atoms with Gasteiger partial charge in [0.1, 0.15) is 0 Å². The fraction of sp³-hybridized carbons (Fsp3) is 0.938. The maximum Gasteiger partial charge on any atom is 0.222 e. The number of hydrogen-bond donors (Lipinski definition) is 3. The van der Waals surface area contributed by atoms with E-state index in [9.17, 15) is 15.0 Å². The first kappa shape index (κ1) is 17.4. The van der Waals surface area contributed by atoms with Crippen LogP contribution < -0.4 is 5.32 Å². The first-order valence-corrected chi connectivity index (χ1v) is 7.83. The molecule has 0 aromatic rings. The van der Waals surface area contributed by atoms with E-state index < -0.39 is 11.7 Å². The van der Waals surface area contributed by atoms with Crippen molar-refractivity contribution in [1.82, 2.24) is 5.32 Å². The van der Waals surface area contributed by atoms with Gasteiger partial charge in [0, 0.05) is 12.0 Å². The van der Waals surface area contributed by atoms with Crippen molar-refractivity contribution in [2.45, 2.75) is 77.9 Å². The second-order valence-corrected chi connectivity index (χ2v) is 7.42. The van der Waals surface area contributed by atoms with Crippen LogP contribution >= 0.6 is 0 Å². The lowest BCUT2D eigenvalue weighted by Gasteiger charge is -2.35. The summed E-state index contributed by atoms with van der Waals surface area (Å²) in [6.07, 6.45) is 4.32. The van der Waals surface area contributed by atoms with Crippen LogP contribution in [0.1, 0.15) is 66.2 Å². The van der Waals surface area contributed by atoms with Crippen LogP contribution in [-0.2, 0) is 4.79 Å². The second-order valence-electron chi connectivity index (χ2n) is 7.42. The summed E-state index contributed by atoms with van der Waals surface area (Å²) in [6, 6.07) is 0. The number of amides is 1. The SMILES string of the molecule is CC(C)C(O)C(C)(C)CNC(=O)CC1(O)CCCCC1. The Hall–Kier alpha value is -0.610. The molecule has 0 aromatic carbocycles. The predicted molar refractivity (Wildman–Crippen MR) is 80.3 cm³/mol. The van der Waals surface area contributed by atoms with E-state index >= 15 is 0 Å². The zero-order chi connectivity index (χ0) is 15.4. The van der Waals surface area contributed by atoms with Crippen molar-refractivity contribution in [2.24, 2.45) is 11.3 Å². The highest BCUT2D eigenvalue weighted by atomic mass is 16.3. The van der Waals surface area contributed by atoms with Crippen molar-refractivity contribution in [3.8, 4) is 0 Å². The molecule has 0 saturated heterocycles. The molecule has 20 heavy (non-hydrogen) atoms. The number of nitrogens with one attached hydrogen (secondary N) is 1. The molecule has 1 amide bonds. The van der Waals surface area contributed by atoms with Gasteiger partial charge in [-0.05, 0) is 18.8 Å². The van der Waals surface area contributed by atoms with Gasteiger partial charge in [-0.3, -0.25) is 4.79 Å². The number of hydrogen-bond acceptors (Lipinski definition) is 3. The number of aliphatic hydroxyl groups is 2. The van der Waals surface area contributed by atoms with E-state index in [0.717, 1.165) is 32.1 Å². The molecule has 4 heteroatoms. The molecule has 1 saturated carbocycles. The van der Waals surface area contributed by atoms with Crippen LogP contribution in [0.15, 0.2) is 0 Å². The lowest BCUT2D eigenvalue weighted by Crippen LogP contribution is -2.45. The van der Waals surface area contributed by atoms with Gasteiger partial charge in [-0.15, -0.1) is 0 Å². The van der Waals surface area contributed by atoms with Gasteiger partial charge in [0.15, 0.2) is 0 Å². The molecule has 1 aliphatic carbocycles. The van der Waals surface area contributed by atoms with Crippen LogP contribution in [0.3, 0.4) is 0 Å². The number of carbonyl (C=O) groups is 1. The largest absolute Gasteiger partial charge is 0.392 e. The van der Waals surface area contributed by atoms with E-state index in [1.54, 1.807) is 0 Å². The van der Waals surface area contributed by atoms with E-state index in [2.05, 4.69) is 5.32 Å². The summed E-state index contributed by atoms with van der Waals surface area (Å²) in [4.78, 5) is 12.0. The standard InChI is InChI=1S/C16H31NO3/c1-12(2)14(19)15(3,4)11-17-13(18)10-16(20)8-6-5-7-9-16/h12,14,19-20H,5-11H2,1-4H3,(H,17,18). The maximum absolute atomic E-state index is 12.0. The molecular formula is C16H31NO3. The number of aliphatic hydroxyl groups excluding tert-OH is 1. The highest BCUT2D eigenvalue weighted by Gasteiger charge is 2.34. The highest BCUT2D eigenvalue weighted by molar-refractivity contribution is 5.77. The topological polar surface area (TPSA) is 69.6 Å². The molecule has 0 heterocycles. The minimum atomic E-state index is -0.816. The van der Waals surface area contributed by atoms with Crippen molar-refractivity contribution < 1.29 is 15.0 Å². The van der Waals surface area contributed by atoms with Gasteiger partial charge in [0.25, 0.3) is 0 Å². The van der Waals surface area contributed by atoms with Gasteiger partial charge < -0.3 is 15.5 Å². The fourth-order valence-electron chi connectivity index (χ4n) is 3.08. The van der Waals surface area contributed by atoms with E-state index in [1.165, 1.54) is 0 Å². The Balaban J connectivity index is 2.43. The highest BCUT2D eigenvalue weighted by Crippen LogP contribution is 2.31. The Morgan fingerprint density at radius 1 is 1.25 bits per heavy atom. The van der Waals surface area contributed by atoms with Crippen molar-refractivity contribution in [3.05, 3.63) is 0 Å². The molecule has 3 N–H and O–H groups in total. The van der Waals surface area contributed by atoms with Crippen molar-refractivity contribution >= 4 is 5.91 Å². The molecule has 1 rings (SSSR count). The summed E-state index contributed by atoms with van der Waals surface area (Å²) >= 11 is 0. The molecular weight excluding hydrogens is 254 g/mol. The average molecular weight is 285 g/mol. The molecule has 118 valence electrons. The smallest absolute Gasteiger partial charge is 0.222 e. The van der Waals surface area contributed by atoms with Crippen LogP contribution in [0.4, 0.5) is 0 Å². The van der Waals surface area contributed by atoms with E-state index in [4.69, 9.17) is 0 Å². The summed E-state index contributed by atoms with van der Waals surface area (Å²) in [5.41, 5.74) is -1.18. The Morgan fingerprint density at radius 2 is 1.80 bits per heavy atom. The molecule has 0 radical (unpaired) electrons. The van der Waals surface area contributed by atoms with Crippen molar-refractivity contribution in [3.63, 3.8) is 0 Å². The fourth-order valence-corrected chi connectivity index (χ4v) is 3.08. The Bertz CT molecular complexity index is 320. The Labute approximate surface area is 123 Å². The van der Waals surface area contributed by atoms with E-state index in [0.29, 0.717) is 6.54 Å². The van der Waals surface area contributed by atoms with Crippen LogP contribution in [0, 0.1) is 11.3 Å². The first-order valence-electron chi connectivity index (χ1n) is 7.83. The van der Waals surface area contributed by atoms with E-state index in [-0.39, 0.29) is 23.7 Å². The monoisotopic (exact) mass is 285 g/mol. The van der Waals surface area contributed by atoms with Crippen molar-refractivity contribution in [1.29, 1.82) is 0 Å². The summed E-state index contributed by atoms with van der Waals surface area (Å²) in [5, 5.41) is 23.4. The summed E-state index contributed by atoms with van der Waals surface area (Å²) in [5.74, 6) is 0.0443. The summed E-state index contributed by atoms with van der Waals surface area (Å²) in [7, 11) is 0. The normalized spacial score (nSPS) is 20.8. The minimum Gasteiger partial charge on any atom is -0.392 e. The van der Waals surface area contributed by atoms with Gasteiger partial charge >= 0.3 is 0 Å².